The third-order valence-electron chi connectivity index (χ3n) is 5.67. The number of anilines is 1. The predicted octanol–water partition coefficient (Wildman–Crippen LogP) is 3.23. The number of carbonyl (C=O) groups is 2. The van der Waals surface area contributed by atoms with E-state index in [1.165, 1.54) is 52.9 Å². The molecule has 0 aliphatic carbocycles. The summed E-state index contributed by atoms with van der Waals surface area (Å²) in [7, 11) is 1.51. The standard InChI is InChI=1S/C26H22N8O3S/c1-37-22-14-19(9-10-21(22)33-17-30-31-32-33)34(26(36)20-16-27-11-12-28-20)24(23-8-5-13-38-23)25(35)29-15-18-6-3-2-4-7-18/h2-14,16-17,24H,15H2,1H3,(H,29,35). The highest BCUT2D eigenvalue weighted by Crippen LogP contribution is 2.35. The molecule has 1 atom stereocenters. The first-order chi connectivity index (χ1) is 18.7. The monoisotopic (exact) mass is 526 g/mol. The molecule has 0 saturated carbocycles. The summed E-state index contributed by atoms with van der Waals surface area (Å²) in [6.45, 7) is 0.302. The molecule has 0 spiro atoms. The molecular weight excluding hydrogens is 504 g/mol. The zero-order chi connectivity index (χ0) is 26.3. The molecule has 5 rings (SSSR count). The van der Waals surface area contributed by atoms with Crippen molar-refractivity contribution in [1.29, 1.82) is 0 Å². The molecule has 0 aliphatic rings. The fourth-order valence-corrected chi connectivity index (χ4v) is 4.71. The van der Waals surface area contributed by atoms with Crippen molar-refractivity contribution in [2.45, 2.75) is 12.6 Å². The maximum atomic E-state index is 13.9. The molecule has 3 heterocycles. The molecular formula is C26H22N8O3S. The van der Waals surface area contributed by atoms with Crippen LogP contribution in [-0.2, 0) is 11.3 Å². The number of nitrogens with zero attached hydrogens (tertiary/aromatic N) is 7. The molecule has 0 fully saturated rings. The van der Waals surface area contributed by atoms with Crippen molar-refractivity contribution >= 4 is 28.8 Å². The Kier molecular flexibility index (Phi) is 7.41. The normalized spacial score (nSPS) is 11.5. The van der Waals surface area contributed by atoms with Gasteiger partial charge in [0.05, 0.1) is 13.3 Å². The van der Waals surface area contributed by atoms with Crippen molar-refractivity contribution in [3.63, 3.8) is 0 Å². The molecule has 12 heteroatoms. The van der Waals surface area contributed by atoms with Gasteiger partial charge in [-0.3, -0.25) is 19.5 Å². The summed E-state index contributed by atoms with van der Waals surface area (Å²) < 4.78 is 7.05. The lowest BCUT2D eigenvalue weighted by atomic mass is 10.1. The van der Waals surface area contributed by atoms with Crippen LogP contribution in [0.25, 0.3) is 5.69 Å². The summed E-state index contributed by atoms with van der Waals surface area (Å²) in [5.41, 5.74) is 2.01. The lowest BCUT2D eigenvalue weighted by Gasteiger charge is -2.30. The number of aromatic nitrogens is 6. The number of carbonyl (C=O) groups excluding carboxylic acids is 2. The molecule has 1 unspecified atom stereocenters. The fourth-order valence-electron chi connectivity index (χ4n) is 3.90. The molecule has 0 bridgehead atoms. The van der Waals surface area contributed by atoms with Crippen LogP contribution in [0, 0.1) is 0 Å². The van der Waals surface area contributed by atoms with E-state index < -0.39 is 11.9 Å². The van der Waals surface area contributed by atoms with E-state index in [1.54, 1.807) is 18.2 Å². The summed E-state index contributed by atoms with van der Waals surface area (Å²) in [5.74, 6) is -0.443. The minimum Gasteiger partial charge on any atom is -0.494 e. The van der Waals surface area contributed by atoms with Crippen LogP contribution >= 0.6 is 11.3 Å². The van der Waals surface area contributed by atoms with E-state index in [2.05, 4.69) is 30.8 Å². The van der Waals surface area contributed by atoms with E-state index in [-0.39, 0.29) is 11.6 Å². The Hall–Kier alpha value is -4.97. The van der Waals surface area contributed by atoms with Gasteiger partial charge >= 0.3 is 0 Å². The largest absolute Gasteiger partial charge is 0.494 e. The van der Waals surface area contributed by atoms with Crippen LogP contribution in [0.1, 0.15) is 27.0 Å². The van der Waals surface area contributed by atoms with Crippen LogP contribution in [0.15, 0.2) is 91.0 Å². The van der Waals surface area contributed by atoms with Gasteiger partial charge in [0.25, 0.3) is 5.91 Å². The molecule has 2 aromatic carbocycles. The highest BCUT2D eigenvalue weighted by molar-refractivity contribution is 7.10. The number of benzene rings is 2. The molecule has 38 heavy (non-hydrogen) atoms. The van der Waals surface area contributed by atoms with Crippen LogP contribution in [0.5, 0.6) is 5.75 Å². The number of tetrazole rings is 1. The van der Waals surface area contributed by atoms with Gasteiger partial charge in [-0.1, -0.05) is 36.4 Å². The van der Waals surface area contributed by atoms with Crippen molar-refractivity contribution in [3.05, 3.63) is 107 Å². The quantitative estimate of drug-likeness (QED) is 0.310. The molecule has 11 nitrogen and oxygen atoms in total. The summed E-state index contributed by atoms with van der Waals surface area (Å²) in [4.78, 5) is 38.0. The molecule has 1 N–H and O–H groups in total. The minimum atomic E-state index is -0.989. The van der Waals surface area contributed by atoms with Crippen LogP contribution in [-0.4, -0.2) is 49.1 Å². The Balaban J connectivity index is 1.59. The van der Waals surface area contributed by atoms with Gasteiger partial charge < -0.3 is 10.1 Å². The average molecular weight is 527 g/mol. The van der Waals surface area contributed by atoms with Crippen molar-refractivity contribution in [3.8, 4) is 11.4 Å². The Morgan fingerprint density at radius 3 is 2.66 bits per heavy atom. The minimum absolute atomic E-state index is 0.0911. The zero-order valence-electron chi connectivity index (χ0n) is 20.2. The molecule has 2 amide bonds. The molecule has 3 aromatic heterocycles. The van der Waals surface area contributed by atoms with Crippen molar-refractivity contribution in [1.82, 2.24) is 35.5 Å². The SMILES string of the molecule is COc1cc(N(C(=O)c2cnccn2)C(C(=O)NCc2ccccc2)c2cccs2)ccc1-n1cnnn1. The van der Waals surface area contributed by atoms with E-state index in [0.717, 1.165) is 5.56 Å². The van der Waals surface area contributed by atoms with Gasteiger partial charge in [-0.25, -0.2) is 4.98 Å². The first kappa shape index (κ1) is 24.7. The van der Waals surface area contributed by atoms with Crippen LogP contribution in [0.3, 0.4) is 0 Å². The highest BCUT2D eigenvalue weighted by Gasteiger charge is 2.35. The van der Waals surface area contributed by atoms with Crippen LogP contribution < -0.4 is 15.0 Å². The third kappa shape index (κ3) is 5.25. The maximum Gasteiger partial charge on any atom is 0.279 e. The second-order valence-corrected chi connectivity index (χ2v) is 8.98. The first-order valence-electron chi connectivity index (χ1n) is 11.5. The van der Waals surface area contributed by atoms with Crippen LogP contribution in [0.4, 0.5) is 5.69 Å². The average Bonchev–Trinajstić information content (AvgIpc) is 3.70. The van der Waals surface area contributed by atoms with E-state index in [4.69, 9.17) is 4.74 Å². The fraction of sp³-hybridized carbons (Fsp3) is 0.115. The van der Waals surface area contributed by atoms with Gasteiger partial charge in [-0.15, -0.1) is 16.4 Å². The van der Waals surface area contributed by atoms with Crippen molar-refractivity contribution < 1.29 is 14.3 Å². The molecule has 0 saturated heterocycles. The Bertz CT molecular complexity index is 1500. The van der Waals surface area contributed by atoms with Crippen molar-refractivity contribution in [2.75, 3.05) is 12.0 Å². The number of amides is 2. The van der Waals surface area contributed by atoms with Gasteiger partial charge in [0.2, 0.25) is 5.91 Å². The summed E-state index contributed by atoms with van der Waals surface area (Å²) in [6.07, 6.45) is 5.72. The Labute approximate surface area is 221 Å². The maximum absolute atomic E-state index is 13.9. The van der Waals surface area contributed by atoms with Gasteiger partial charge in [-0.2, -0.15) is 4.68 Å². The van der Waals surface area contributed by atoms with Gasteiger partial charge in [0, 0.05) is 35.6 Å². The van der Waals surface area contributed by atoms with Gasteiger partial charge in [0.1, 0.15) is 23.5 Å². The smallest absolute Gasteiger partial charge is 0.279 e. The number of hydrogen-bond acceptors (Lipinski definition) is 9. The zero-order valence-corrected chi connectivity index (χ0v) is 21.0. The number of methoxy groups -OCH3 is 1. The molecule has 0 radical (unpaired) electrons. The number of hydrogen-bond donors (Lipinski definition) is 1. The third-order valence-corrected chi connectivity index (χ3v) is 6.59. The molecule has 5 aromatic rings. The molecule has 190 valence electrons. The number of ether oxygens (including phenoxy) is 1. The highest BCUT2D eigenvalue weighted by atomic mass is 32.1. The van der Waals surface area contributed by atoms with E-state index in [1.807, 2.05) is 47.8 Å². The topological polar surface area (TPSA) is 128 Å². The lowest BCUT2D eigenvalue weighted by molar-refractivity contribution is -0.122. The lowest BCUT2D eigenvalue weighted by Crippen LogP contribution is -2.44. The van der Waals surface area contributed by atoms with Crippen LogP contribution in [0.2, 0.25) is 0 Å². The van der Waals surface area contributed by atoms with E-state index >= 15 is 0 Å². The number of thiophene rings is 1. The predicted molar refractivity (Wildman–Crippen MR) is 140 cm³/mol. The van der Waals surface area contributed by atoms with E-state index in [9.17, 15) is 9.59 Å². The second kappa shape index (κ2) is 11.4. The summed E-state index contributed by atoms with van der Waals surface area (Å²) in [6, 6.07) is 17.3. The second-order valence-electron chi connectivity index (χ2n) is 8.00. The Morgan fingerprint density at radius 2 is 1.97 bits per heavy atom. The Morgan fingerprint density at radius 1 is 1.11 bits per heavy atom. The number of rotatable bonds is 9. The van der Waals surface area contributed by atoms with Crippen molar-refractivity contribution in [2.24, 2.45) is 0 Å². The molecule has 0 aliphatic heterocycles. The van der Waals surface area contributed by atoms with E-state index in [0.29, 0.717) is 28.5 Å². The first-order valence-corrected chi connectivity index (χ1v) is 12.4. The van der Waals surface area contributed by atoms with Gasteiger partial charge in [0.15, 0.2) is 6.04 Å². The van der Waals surface area contributed by atoms with Gasteiger partial charge in [-0.05, 0) is 39.6 Å². The summed E-state index contributed by atoms with van der Waals surface area (Å²) >= 11 is 1.38. The number of nitrogens with one attached hydrogen (secondary N) is 1. The summed E-state index contributed by atoms with van der Waals surface area (Å²) in [5, 5.41) is 16.1.